The van der Waals surface area contributed by atoms with E-state index in [9.17, 15) is 4.79 Å². The smallest absolute Gasteiger partial charge is 0.263 e. The molecule has 20 heavy (non-hydrogen) atoms. The highest BCUT2D eigenvalue weighted by Gasteiger charge is 2.20. The fraction of sp³-hybridized carbons (Fsp3) is 0. The molecule has 0 aliphatic carbocycles. The standard InChI is InChI=1S/C15H11ClN2OS/c16-10-5-1-2-6-11(10)17-9-14-15(19)18-12-7-3-4-8-13(12)20-14/h1-9,17H,(H,18,19)/b14-9-. The molecule has 5 heteroatoms. The summed E-state index contributed by atoms with van der Waals surface area (Å²) in [7, 11) is 0. The van der Waals surface area contributed by atoms with Gasteiger partial charge in [0.2, 0.25) is 0 Å². The molecule has 0 saturated carbocycles. The lowest BCUT2D eigenvalue weighted by atomic mass is 10.3. The Balaban J connectivity index is 1.83. The second-order valence-corrected chi connectivity index (χ2v) is 5.68. The SMILES string of the molecule is O=C1Nc2ccccc2S/C1=C\Nc1ccccc1Cl. The molecule has 1 amide bonds. The molecule has 100 valence electrons. The highest BCUT2D eigenvalue weighted by molar-refractivity contribution is 8.04. The van der Waals surface area contributed by atoms with Gasteiger partial charge in [0.05, 0.1) is 21.3 Å². The van der Waals surface area contributed by atoms with Crippen LogP contribution >= 0.6 is 23.4 Å². The summed E-state index contributed by atoms with van der Waals surface area (Å²) in [6.45, 7) is 0. The van der Waals surface area contributed by atoms with E-state index in [-0.39, 0.29) is 5.91 Å². The van der Waals surface area contributed by atoms with Gasteiger partial charge in [-0.25, -0.2) is 0 Å². The predicted molar refractivity (Wildman–Crippen MR) is 84.1 cm³/mol. The van der Waals surface area contributed by atoms with Crippen LogP contribution in [0.3, 0.4) is 0 Å². The Labute approximate surface area is 126 Å². The molecule has 1 heterocycles. The molecule has 0 unspecified atom stereocenters. The van der Waals surface area contributed by atoms with Crippen LogP contribution in [0.2, 0.25) is 5.02 Å². The molecule has 0 saturated heterocycles. The van der Waals surface area contributed by atoms with Crippen LogP contribution in [0, 0.1) is 0 Å². The lowest BCUT2D eigenvalue weighted by molar-refractivity contribution is -0.112. The number of carbonyl (C=O) groups is 1. The number of carbonyl (C=O) groups excluding carboxylic acids is 1. The number of para-hydroxylation sites is 2. The molecule has 0 aromatic heterocycles. The van der Waals surface area contributed by atoms with Crippen LogP contribution < -0.4 is 10.6 Å². The highest BCUT2D eigenvalue weighted by Crippen LogP contribution is 2.37. The first-order valence-electron chi connectivity index (χ1n) is 6.03. The van der Waals surface area contributed by atoms with E-state index in [2.05, 4.69) is 10.6 Å². The Morgan fingerprint density at radius 2 is 1.85 bits per heavy atom. The third-order valence-corrected chi connectivity index (χ3v) is 4.24. The van der Waals surface area contributed by atoms with E-state index >= 15 is 0 Å². The second-order valence-electron chi connectivity index (χ2n) is 4.19. The van der Waals surface area contributed by atoms with Crippen molar-refractivity contribution in [1.82, 2.24) is 0 Å². The van der Waals surface area contributed by atoms with Gasteiger partial charge >= 0.3 is 0 Å². The zero-order valence-electron chi connectivity index (χ0n) is 10.4. The molecule has 1 aliphatic rings. The number of halogens is 1. The van der Waals surface area contributed by atoms with Crippen molar-refractivity contribution in [3.63, 3.8) is 0 Å². The molecule has 1 aliphatic heterocycles. The van der Waals surface area contributed by atoms with Crippen LogP contribution in [0.25, 0.3) is 0 Å². The Kier molecular flexibility index (Phi) is 3.67. The normalized spacial score (nSPS) is 15.7. The third-order valence-electron chi connectivity index (χ3n) is 2.81. The Bertz CT molecular complexity index is 700. The van der Waals surface area contributed by atoms with Crippen LogP contribution in [0.5, 0.6) is 0 Å². The van der Waals surface area contributed by atoms with Gasteiger partial charge in [-0.3, -0.25) is 4.79 Å². The van der Waals surface area contributed by atoms with Crippen molar-refractivity contribution >= 4 is 40.6 Å². The number of amides is 1. The maximum Gasteiger partial charge on any atom is 0.263 e. The van der Waals surface area contributed by atoms with Crippen LogP contribution in [0.15, 0.2) is 64.5 Å². The van der Waals surface area contributed by atoms with Crippen molar-refractivity contribution in [2.24, 2.45) is 0 Å². The van der Waals surface area contributed by atoms with Crippen molar-refractivity contribution in [2.75, 3.05) is 10.6 Å². The molecular formula is C15H11ClN2OS. The van der Waals surface area contributed by atoms with Gasteiger partial charge in [-0.15, -0.1) is 0 Å². The summed E-state index contributed by atoms with van der Waals surface area (Å²) in [5, 5.41) is 6.54. The number of hydrogen-bond acceptors (Lipinski definition) is 3. The van der Waals surface area contributed by atoms with Gasteiger partial charge in [0.15, 0.2) is 0 Å². The van der Waals surface area contributed by atoms with Crippen molar-refractivity contribution in [1.29, 1.82) is 0 Å². The van der Waals surface area contributed by atoms with Crippen molar-refractivity contribution in [3.05, 3.63) is 64.7 Å². The van der Waals surface area contributed by atoms with Crippen LogP contribution in [-0.2, 0) is 4.79 Å². The molecule has 0 radical (unpaired) electrons. The van der Waals surface area contributed by atoms with E-state index < -0.39 is 0 Å². The minimum atomic E-state index is -0.117. The summed E-state index contributed by atoms with van der Waals surface area (Å²) in [6, 6.07) is 15.1. The van der Waals surface area contributed by atoms with Gasteiger partial charge in [-0.05, 0) is 24.3 Å². The first-order chi connectivity index (χ1) is 9.74. The number of hydrogen-bond donors (Lipinski definition) is 2. The second kappa shape index (κ2) is 5.61. The third kappa shape index (κ3) is 2.66. The number of anilines is 2. The molecule has 2 aromatic carbocycles. The maximum absolute atomic E-state index is 12.0. The topological polar surface area (TPSA) is 41.1 Å². The molecule has 3 nitrogen and oxygen atoms in total. The molecule has 3 rings (SSSR count). The Morgan fingerprint density at radius 1 is 1.10 bits per heavy atom. The van der Waals surface area contributed by atoms with Gasteiger partial charge in [0.25, 0.3) is 5.91 Å². The van der Waals surface area contributed by atoms with Gasteiger partial charge in [0, 0.05) is 11.1 Å². The highest BCUT2D eigenvalue weighted by atomic mass is 35.5. The lowest BCUT2D eigenvalue weighted by Crippen LogP contribution is -2.17. The summed E-state index contributed by atoms with van der Waals surface area (Å²) in [6.07, 6.45) is 1.68. The lowest BCUT2D eigenvalue weighted by Gasteiger charge is -2.18. The molecular weight excluding hydrogens is 292 g/mol. The summed E-state index contributed by atoms with van der Waals surface area (Å²) in [4.78, 5) is 13.6. The van der Waals surface area contributed by atoms with Crippen molar-refractivity contribution in [2.45, 2.75) is 4.90 Å². The van der Waals surface area contributed by atoms with Crippen LogP contribution in [0.1, 0.15) is 0 Å². The number of nitrogens with one attached hydrogen (secondary N) is 2. The average Bonchev–Trinajstić information content (AvgIpc) is 2.46. The van der Waals surface area contributed by atoms with Gasteiger partial charge in [-0.2, -0.15) is 0 Å². The van der Waals surface area contributed by atoms with Crippen LogP contribution in [0.4, 0.5) is 11.4 Å². The summed E-state index contributed by atoms with van der Waals surface area (Å²) < 4.78 is 0. The quantitative estimate of drug-likeness (QED) is 0.811. The van der Waals surface area contributed by atoms with Gasteiger partial charge in [-0.1, -0.05) is 47.6 Å². The number of thioether (sulfide) groups is 1. The van der Waals surface area contributed by atoms with E-state index in [1.807, 2.05) is 42.5 Å². The van der Waals surface area contributed by atoms with Crippen molar-refractivity contribution < 1.29 is 4.79 Å². The fourth-order valence-corrected chi connectivity index (χ4v) is 2.89. The zero-order valence-corrected chi connectivity index (χ0v) is 12.0. The van der Waals surface area contributed by atoms with Gasteiger partial charge in [0.1, 0.15) is 0 Å². The minimum Gasteiger partial charge on any atom is -0.359 e. The van der Waals surface area contributed by atoms with E-state index in [1.165, 1.54) is 11.8 Å². The Morgan fingerprint density at radius 3 is 2.70 bits per heavy atom. The molecule has 2 aromatic rings. The van der Waals surface area contributed by atoms with E-state index in [1.54, 1.807) is 12.3 Å². The number of rotatable bonds is 2. The maximum atomic E-state index is 12.0. The average molecular weight is 303 g/mol. The number of fused-ring (bicyclic) bond motifs is 1. The molecule has 0 spiro atoms. The summed E-state index contributed by atoms with van der Waals surface area (Å²) in [5.74, 6) is -0.117. The minimum absolute atomic E-state index is 0.117. The van der Waals surface area contributed by atoms with Crippen LogP contribution in [-0.4, -0.2) is 5.91 Å². The molecule has 0 atom stereocenters. The first kappa shape index (κ1) is 13.1. The zero-order chi connectivity index (χ0) is 13.9. The fourth-order valence-electron chi connectivity index (χ4n) is 1.82. The largest absolute Gasteiger partial charge is 0.359 e. The van der Waals surface area contributed by atoms with Gasteiger partial charge < -0.3 is 10.6 Å². The molecule has 2 N–H and O–H groups in total. The summed E-state index contributed by atoms with van der Waals surface area (Å²) >= 11 is 7.49. The molecule has 0 fully saturated rings. The van der Waals surface area contributed by atoms with E-state index in [0.29, 0.717) is 9.93 Å². The molecule has 0 bridgehead atoms. The Hall–Kier alpha value is -1.91. The van der Waals surface area contributed by atoms with E-state index in [4.69, 9.17) is 11.6 Å². The summed E-state index contributed by atoms with van der Waals surface area (Å²) in [5.41, 5.74) is 1.62. The van der Waals surface area contributed by atoms with E-state index in [0.717, 1.165) is 16.3 Å². The van der Waals surface area contributed by atoms with Crippen molar-refractivity contribution in [3.8, 4) is 0 Å². The predicted octanol–water partition coefficient (Wildman–Crippen LogP) is 4.34. The number of benzene rings is 2. The first-order valence-corrected chi connectivity index (χ1v) is 7.23. The monoisotopic (exact) mass is 302 g/mol.